The molecule has 0 amide bonds. The van der Waals surface area contributed by atoms with Crippen molar-refractivity contribution in [2.45, 2.75) is 20.6 Å². The Kier molecular flexibility index (Phi) is 22.6. The van der Waals surface area contributed by atoms with Gasteiger partial charge in [0.25, 0.3) is 0 Å². The minimum Gasteiger partial charge on any atom is -0.418 e. The first-order chi connectivity index (χ1) is 18.5. The van der Waals surface area contributed by atoms with Gasteiger partial charge in [-0.3, -0.25) is 0 Å². The van der Waals surface area contributed by atoms with Crippen LogP contribution in [0.2, 0.25) is 0 Å². The molecule has 0 bridgehead atoms. The van der Waals surface area contributed by atoms with Gasteiger partial charge in [-0.05, 0) is 0 Å². The maximum Gasteiger partial charge on any atom is 1.00 e. The van der Waals surface area contributed by atoms with Crippen molar-refractivity contribution in [3.8, 4) is 0 Å². The molecule has 0 saturated carbocycles. The van der Waals surface area contributed by atoms with E-state index in [1.54, 1.807) is 47.0 Å². The van der Waals surface area contributed by atoms with Gasteiger partial charge in [-0.25, -0.2) is 19.9 Å². The predicted octanol–water partition coefficient (Wildman–Crippen LogP) is 6.59. The fraction of sp³-hybridized carbons (Fsp3) is 0.333. The zero-order chi connectivity index (χ0) is 30.3. The summed E-state index contributed by atoms with van der Waals surface area (Å²) in [6.07, 6.45) is 15.1. The summed E-state index contributed by atoms with van der Waals surface area (Å²) in [4.78, 5) is 17.0. The number of rotatable bonds is 8. The number of imidazole rings is 4. The van der Waals surface area contributed by atoms with Crippen LogP contribution in [-0.4, -0.2) is 62.9 Å². The third-order valence-corrected chi connectivity index (χ3v) is 8.35. The molecule has 4 aromatic heterocycles. The summed E-state index contributed by atoms with van der Waals surface area (Å²) in [6, 6.07) is 0. The van der Waals surface area contributed by atoms with E-state index >= 15 is 0 Å². The molecule has 4 heterocycles. The molecule has 244 valence electrons. The minimum atomic E-state index is -6.00. The van der Waals surface area contributed by atoms with E-state index in [9.17, 15) is 34.5 Å². The molecule has 0 aromatic carbocycles. The van der Waals surface area contributed by atoms with Crippen LogP contribution in [0, 0.1) is 0 Å². The molecule has 0 aliphatic carbocycles. The first-order valence-corrected chi connectivity index (χ1v) is 14.6. The minimum absolute atomic E-state index is 0. The van der Waals surface area contributed by atoms with E-state index in [0.29, 0.717) is 0 Å². The molecule has 0 radical (unpaired) electrons. The molecule has 0 spiro atoms. The Morgan fingerprint density at radius 1 is 0.476 bits per heavy atom. The zero-order valence-corrected chi connectivity index (χ0v) is 28.3. The summed E-state index contributed by atoms with van der Waals surface area (Å²) in [7, 11) is -4.00. The second kappa shape index (κ2) is 21.9. The Labute approximate surface area is 285 Å². The molecule has 0 atom stereocenters. The zero-order valence-electron chi connectivity index (χ0n) is 22.0. The number of hydrogen-bond acceptors (Lipinski definition) is 8. The van der Waals surface area contributed by atoms with Crippen molar-refractivity contribution < 1.29 is 79.3 Å². The van der Waals surface area contributed by atoms with Crippen molar-refractivity contribution in [3.63, 3.8) is 0 Å². The van der Waals surface area contributed by atoms with Gasteiger partial charge >= 0.3 is 59.3 Å². The van der Waals surface area contributed by atoms with Crippen LogP contribution in [0.1, 0.15) is 0 Å². The van der Waals surface area contributed by atoms with Gasteiger partial charge in [-0.2, -0.15) is 0 Å². The maximum atomic E-state index is 9.75. The molecule has 0 aliphatic rings. The summed E-state index contributed by atoms with van der Waals surface area (Å²) in [6.45, 7) is 0. The molecular formula is C18H24Ag2B2F8N8S4. The molecule has 24 heteroatoms. The second-order valence-electron chi connectivity index (χ2n) is 7.09. The summed E-state index contributed by atoms with van der Waals surface area (Å²) in [5.41, 5.74) is 0. The maximum absolute atomic E-state index is 9.75. The van der Waals surface area contributed by atoms with E-state index in [2.05, 4.69) is 19.9 Å². The first kappa shape index (κ1) is 43.4. The summed E-state index contributed by atoms with van der Waals surface area (Å²) < 4.78 is 86.1. The predicted molar refractivity (Wildman–Crippen MR) is 146 cm³/mol. The average molecular weight is 870 g/mol. The standard InChI is InChI=1S/2C9H12N4S2.2Ag.2BF4/c2*1-12-5-3-10-8(12)14-7-15-9-11-4-6-13(9)2;;;2*2-1(3,4)5/h2*3-6H,7H2,1-2H3;;;;/q;;2*+1;2*-1. The second-order valence-corrected chi connectivity index (χ2v) is 11.6. The molecule has 4 aromatic rings. The molecule has 0 fully saturated rings. The number of aromatic nitrogens is 8. The third-order valence-electron chi connectivity index (χ3n) is 3.86. The molecule has 0 unspecified atom stereocenters. The molecule has 42 heavy (non-hydrogen) atoms. The Balaban J connectivity index is 0. The molecule has 8 nitrogen and oxygen atoms in total. The fourth-order valence-electron chi connectivity index (χ4n) is 2.23. The van der Waals surface area contributed by atoms with E-state index in [4.69, 9.17) is 0 Å². The Hall–Kier alpha value is -0.710. The number of hydrogen-bond donors (Lipinski definition) is 0. The Morgan fingerprint density at radius 3 is 0.762 bits per heavy atom. The van der Waals surface area contributed by atoms with E-state index in [0.717, 1.165) is 30.8 Å². The smallest absolute Gasteiger partial charge is 0.418 e. The monoisotopic (exact) mass is 868 g/mol. The van der Waals surface area contributed by atoms with Crippen molar-refractivity contribution in [1.29, 1.82) is 0 Å². The van der Waals surface area contributed by atoms with Gasteiger partial charge < -0.3 is 52.8 Å². The summed E-state index contributed by atoms with van der Waals surface area (Å²) in [5.74, 6) is 0. The number of halogens is 8. The van der Waals surface area contributed by atoms with Crippen LogP contribution in [-0.2, 0) is 73.0 Å². The van der Waals surface area contributed by atoms with Crippen molar-refractivity contribution in [1.82, 2.24) is 38.2 Å². The SMILES string of the molecule is Cn1ccnc1SCSc1nccn1C.Cn1ccnc1SCSc1nccn1C.F[B-](F)(F)F.F[B-](F)(F)F.[Ag+].[Ag+]. The van der Waals surface area contributed by atoms with Gasteiger partial charge in [0, 0.05) is 77.8 Å². The van der Waals surface area contributed by atoms with Gasteiger partial charge in [0.1, 0.15) is 0 Å². The van der Waals surface area contributed by atoms with Crippen molar-refractivity contribution in [3.05, 3.63) is 49.6 Å². The van der Waals surface area contributed by atoms with Crippen LogP contribution < -0.4 is 0 Å². The van der Waals surface area contributed by atoms with Crippen LogP contribution in [0.25, 0.3) is 0 Å². The Bertz CT molecular complexity index is 1070. The average Bonchev–Trinajstić information content (AvgIpc) is 3.60. The van der Waals surface area contributed by atoms with Crippen LogP contribution >= 0.6 is 47.0 Å². The quantitative estimate of drug-likeness (QED) is 0.0852. The molecule has 4 rings (SSSR count). The van der Waals surface area contributed by atoms with E-state index < -0.39 is 14.5 Å². The van der Waals surface area contributed by atoms with E-state index in [1.807, 2.05) is 96.0 Å². The van der Waals surface area contributed by atoms with Crippen LogP contribution in [0.4, 0.5) is 34.5 Å². The number of nitrogens with zero attached hydrogens (tertiary/aromatic N) is 8. The molecular weight excluding hydrogens is 846 g/mol. The van der Waals surface area contributed by atoms with Crippen LogP contribution in [0.5, 0.6) is 0 Å². The van der Waals surface area contributed by atoms with Gasteiger partial charge in [-0.15, -0.1) is 0 Å². The molecule has 0 saturated heterocycles. The van der Waals surface area contributed by atoms with Gasteiger partial charge in [0.15, 0.2) is 20.6 Å². The van der Waals surface area contributed by atoms with E-state index in [-0.39, 0.29) is 44.8 Å². The van der Waals surface area contributed by atoms with Gasteiger partial charge in [-0.1, -0.05) is 47.0 Å². The van der Waals surface area contributed by atoms with Crippen molar-refractivity contribution >= 4 is 61.6 Å². The third kappa shape index (κ3) is 21.9. The summed E-state index contributed by atoms with van der Waals surface area (Å²) in [5, 5.41) is 6.01. The first-order valence-electron chi connectivity index (χ1n) is 10.7. The molecule has 0 N–H and O–H groups in total. The van der Waals surface area contributed by atoms with Crippen LogP contribution in [0.3, 0.4) is 0 Å². The van der Waals surface area contributed by atoms with Crippen molar-refractivity contribution in [2.24, 2.45) is 28.2 Å². The van der Waals surface area contributed by atoms with Gasteiger partial charge in [0.2, 0.25) is 0 Å². The normalized spacial score (nSPS) is 10.6. The number of aryl methyl sites for hydroxylation is 4. The van der Waals surface area contributed by atoms with Crippen LogP contribution in [0.15, 0.2) is 70.2 Å². The largest absolute Gasteiger partial charge is 1.00 e. The van der Waals surface area contributed by atoms with E-state index in [1.165, 1.54) is 0 Å². The Morgan fingerprint density at radius 2 is 0.643 bits per heavy atom. The fourth-order valence-corrected chi connectivity index (χ4v) is 5.99. The van der Waals surface area contributed by atoms with Gasteiger partial charge in [0.05, 0.1) is 10.2 Å². The summed E-state index contributed by atoms with van der Waals surface area (Å²) >= 11 is 6.89. The molecule has 0 aliphatic heterocycles. The number of thioether (sulfide) groups is 4. The van der Waals surface area contributed by atoms with Crippen molar-refractivity contribution in [2.75, 3.05) is 10.2 Å². The topological polar surface area (TPSA) is 71.3 Å².